The maximum absolute atomic E-state index is 11.0. The Morgan fingerprint density at radius 1 is 1.14 bits per heavy atom. The molecule has 2 aromatic carbocycles. The van der Waals surface area contributed by atoms with E-state index in [4.69, 9.17) is 4.74 Å². The van der Waals surface area contributed by atoms with Crippen molar-refractivity contribution in [3.05, 3.63) is 48.0 Å². The third-order valence-electron chi connectivity index (χ3n) is 3.03. The molecule has 0 aromatic heterocycles. The van der Waals surface area contributed by atoms with Crippen LogP contribution in [0.2, 0.25) is 0 Å². The molecule has 0 heterocycles. The highest BCUT2D eigenvalue weighted by Crippen LogP contribution is 2.27. The molecule has 1 amide bonds. The minimum atomic E-state index is -0.0896. The van der Waals surface area contributed by atoms with E-state index in [1.165, 1.54) is 6.92 Å². The average molecular weight is 300 g/mol. The lowest BCUT2D eigenvalue weighted by molar-refractivity contribution is -0.114. The first-order chi connectivity index (χ1) is 10.6. The standard InChI is InChI=1S/C17H20N2O3/c1-3-22-17-10-13(4-9-16(17)21)11-18-14-5-7-15(8-6-14)19-12(2)20/h4-10,18,21H,3,11H2,1-2H3,(H,19,20). The predicted octanol–water partition coefficient (Wildman–Crippen LogP) is 3.36. The van der Waals surface area contributed by atoms with Gasteiger partial charge in [-0.25, -0.2) is 0 Å². The second-order valence-corrected chi connectivity index (χ2v) is 4.85. The second kappa shape index (κ2) is 7.36. The molecule has 0 atom stereocenters. The van der Waals surface area contributed by atoms with Gasteiger partial charge in [0.05, 0.1) is 6.61 Å². The highest BCUT2D eigenvalue weighted by atomic mass is 16.5. The number of carbonyl (C=O) groups excluding carboxylic acids is 1. The van der Waals surface area contributed by atoms with Crippen LogP contribution in [0.25, 0.3) is 0 Å². The fourth-order valence-electron chi connectivity index (χ4n) is 2.02. The monoisotopic (exact) mass is 300 g/mol. The van der Waals surface area contributed by atoms with Crippen LogP contribution in [-0.2, 0) is 11.3 Å². The van der Waals surface area contributed by atoms with E-state index in [0.29, 0.717) is 18.9 Å². The van der Waals surface area contributed by atoms with Crippen molar-refractivity contribution in [2.45, 2.75) is 20.4 Å². The molecule has 22 heavy (non-hydrogen) atoms. The van der Waals surface area contributed by atoms with Gasteiger partial charge in [-0.2, -0.15) is 0 Å². The Morgan fingerprint density at radius 2 is 1.82 bits per heavy atom. The van der Waals surface area contributed by atoms with Crippen LogP contribution < -0.4 is 15.4 Å². The molecule has 0 unspecified atom stereocenters. The first-order valence-corrected chi connectivity index (χ1v) is 7.14. The molecule has 0 spiro atoms. The molecule has 0 fully saturated rings. The lowest BCUT2D eigenvalue weighted by Gasteiger charge is -2.10. The Morgan fingerprint density at radius 3 is 2.45 bits per heavy atom. The van der Waals surface area contributed by atoms with E-state index < -0.39 is 0 Å². The van der Waals surface area contributed by atoms with Crippen LogP contribution in [0.1, 0.15) is 19.4 Å². The van der Waals surface area contributed by atoms with Gasteiger partial charge in [0.2, 0.25) is 5.91 Å². The topological polar surface area (TPSA) is 70.6 Å². The molecule has 2 rings (SSSR count). The minimum Gasteiger partial charge on any atom is -0.504 e. The van der Waals surface area contributed by atoms with Crippen LogP contribution in [0, 0.1) is 0 Å². The van der Waals surface area contributed by atoms with E-state index in [1.54, 1.807) is 6.07 Å². The number of phenolic OH excluding ortho intramolecular Hbond substituents is 1. The van der Waals surface area contributed by atoms with Crippen LogP contribution in [-0.4, -0.2) is 17.6 Å². The number of hydrogen-bond acceptors (Lipinski definition) is 4. The number of anilines is 2. The number of amides is 1. The Hall–Kier alpha value is -2.69. The molecule has 5 heteroatoms. The molecule has 5 nitrogen and oxygen atoms in total. The summed E-state index contributed by atoms with van der Waals surface area (Å²) in [4.78, 5) is 11.0. The van der Waals surface area contributed by atoms with E-state index >= 15 is 0 Å². The van der Waals surface area contributed by atoms with Gasteiger partial charge in [-0.05, 0) is 48.9 Å². The van der Waals surface area contributed by atoms with Gasteiger partial charge in [0.15, 0.2) is 11.5 Å². The van der Waals surface area contributed by atoms with Crippen molar-refractivity contribution in [1.29, 1.82) is 0 Å². The van der Waals surface area contributed by atoms with E-state index in [9.17, 15) is 9.90 Å². The summed E-state index contributed by atoms with van der Waals surface area (Å²) in [5, 5.41) is 15.7. The molecule has 2 aromatic rings. The van der Waals surface area contributed by atoms with Crippen molar-refractivity contribution in [2.75, 3.05) is 17.2 Å². The number of ether oxygens (including phenoxy) is 1. The zero-order valence-electron chi connectivity index (χ0n) is 12.7. The van der Waals surface area contributed by atoms with Crippen molar-refractivity contribution < 1.29 is 14.6 Å². The van der Waals surface area contributed by atoms with Crippen molar-refractivity contribution in [3.63, 3.8) is 0 Å². The van der Waals surface area contributed by atoms with Gasteiger partial charge in [0, 0.05) is 24.8 Å². The summed E-state index contributed by atoms with van der Waals surface area (Å²) in [6.45, 7) is 4.48. The van der Waals surface area contributed by atoms with Crippen molar-refractivity contribution in [3.8, 4) is 11.5 Å². The largest absolute Gasteiger partial charge is 0.504 e. The summed E-state index contributed by atoms with van der Waals surface area (Å²) in [7, 11) is 0. The molecule has 0 saturated heterocycles. The van der Waals surface area contributed by atoms with Gasteiger partial charge in [-0.15, -0.1) is 0 Å². The molecule has 0 aliphatic heterocycles. The zero-order valence-corrected chi connectivity index (χ0v) is 12.7. The Bertz CT molecular complexity index is 639. The van der Waals surface area contributed by atoms with E-state index in [2.05, 4.69) is 10.6 Å². The number of carbonyl (C=O) groups is 1. The van der Waals surface area contributed by atoms with E-state index in [1.807, 2.05) is 43.3 Å². The normalized spacial score (nSPS) is 10.1. The first-order valence-electron chi connectivity index (χ1n) is 7.14. The highest BCUT2D eigenvalue weighted by Gasteiger charge is 2.03. The molecule has 0 bridgehead atoms. The van der Waals surface area contributed by atoms with Crippen LogP contribution >= 0.6 is 0 Å². The summed E-state index contributed by atoms with van der Waals surface area (Å²) < 4.78 is 5.36. The van der Waals surface area contributed by atoms with E-state index in [0.717, 1.165) is 16.9 Å². The van der Waals surface area contributed by atoms with Gasteiger partial charge in [-0.1, -0.05) is 6.07 Å². The molecule has 3 N–H and O–H groups in total. The van der Waals surface area contributed by atoms with E-state index in [-0.39, 0.29) is 11.7 Å². The Kier molecular flexibility index (Phi) is 5.25. The smallest absolute Gasteiger partial charge is 0.221 e. The third kappa shape index (κ3) is 4.41. The highest BCUT2D eigenvalue weighted by molar-refractivity contribution is 5.88. The SMILES string of the molecule is CCOc1cc(CNc2ccc(NC(C)=O)cc2)ccc1O. The number of nitrogens with one attached hydrogen (secondary N) is 2. The van der Waals surface area contributed by atoms with Gasteiger partial charge < -0.3 is 20.5 Å². The molecular weight excluding hydrogens is 280 g/mol. The van der Waals surface area contributed by atoms with Crippen molar-refractivity contribution in [1.82, 2.24) is 0 Å². The third-order valence-corrected chi connectivity index (χ3v) is 3.03. The molecule has 116 valence electrons. The lowest BCUT2D eigenvalue weighted by Crippen LogP contribution is -2.05. The number of aromatic hydroxyl groups is 1. The number of benzene rings is 2. The zero-order chi connectivity index (χ0) is 15.9. The lowest BCUT2D eigenvalue weighted by atomic mass is 10.2. The Balaban J connectivity index is 1.97. The fourth-order valence-corrected chi connectivity index (χ4v) is 2.02. The number of rotatable bonds is 6. The first kappa shape index (κ1) is 15.7. The second-order valence-electron chi connectivity index (χ2n) is 4.85. The average Bonchev–Trinajstić information content (AvgIpc) is 2.49. The predicted molar refractivity (Wildman–Crippen MR) is 87.3 cm³/mol. The van der Waals surface area contributed by atoms with Crippen molar-refractivity contribution >= 4 is 17.3 Å². The maximum atomic E-state index is 11.0. The molecular formula is C17H20N2O3. The maximum Gasteiger partial charge on any atom is 0.221 e. The van der Waals surface area contributed by atoms with Crippen LogP contribution in [0.5, 0.6) is 11.5 Å². The summed E-state index contributed by atoms with van der Waals surface area (Å²) in [5.41, 5.74) is 2.72. The summed E-state index contributed by atoms with van der Waals surface area (Å²) in [5.74, 6) is 0.543. The molecule has 0 saturated carbocycles. The fraction of sp³-hybridized carbons (Fsp3) is 0.235. The van der Waals surface area contributed by atoms with Crippen LogP contribution in [0.15, 0.2) is 42.5 Å². The Labute approximate surface area is 129 Å². The van der Waals surface area contributed by atoms with Crippen LogP contribution in [0.3, 0.4) is 0 Å². The quantitative estimate of drug-likeness (QED) is 0.765. The number of hydrogen-bond donors (Lipinski definition) is 3. The summed E-state index contributed by atoms with van der Waals surface area (Å²) >= 11 is 0. The minimum absolute atomic E-state index is 0.0896. The molecule has 0 aliphatic carbocycles. The van der Waals surface area contributed by atoms with Gasteiger partial charge >= 0.3 is 0 Å². The molecule has 0 aliphatic rings. The van der Waals surface area contributed by atoms with Crippen LogP contribution in [0.4, 0.5) is 11.4 Å². The number of phenols is 1. The summed E-state index contributed by atoms with van der Waals surface area (Å²) in [6.07, 6.45) is 0. The van der Waals surface area contributed by atoms with Gasteiger partial charge in [0.1, 0.15) is 0 Å². The summed E-state index contributed by atoms with van der Waals surface area (Å²) in [6, 6.07) is 12.8. The van der Waals surface area contributed by atoms with Gasteiger partial charge in [-0.3, -0.25) is 4.79 Å². The van der Waals surface area contributed by atoms with Crippen molar-refractivity contribution in [2.24, 2.45) is 0 Å². The molecule has 0 radical (unpaired) electrons. The van der Waals surface area contributed by atoms with Gasteiger partial charge in [0.25, 0.3) is 0 Å².